The summed E-state index contributed by atoms with van der Waals surface area (Å²) in [6.45, 7) is 7.35. The van der Waals surface area contributed by atoms with Gasteiger partial charge in [0.1, 0.15) is 5.41 Å². The average Bonchev–Trinajstić information content (AvgIpc) is 2.44. The molecule has 2 heteroatoms. The summed E-state index contributed by atoms with van der Waals surface area (Å²) in [6, 6.07) is 13.6. The molecule has 2 nitrogen and oxygen atoms in total. The fourth-order valence-electron chi connectivity index (χ4n) is 2.31. The van der Waals surface area contributed by atoms with Gasteiger partial charge in [-0.25, -0.2) is 0 Å². The number of carboxylic acid groups (broad SMARTS) is 1. The lowest BCUT2D eigenvalue weighted by atomic mass is 9.77. The van der Waals surface area contributed by atoms with Gasteiger partial charge in [-0.2, -0.15) is 0 Å². The van der Waals surface area contributed by atoms with Crippen molar-refractivity contribution < 1.29 is 9.90 Å². The Bertz CT molecular complexity index is 643. The van der Waals surface area contributed by atoms with E-state index in [1.807, 2.05) is 42.5 Å². The van der Waals surface area contributed by atoms with Crippen molar-refractivity contribution in [2.75, 3.05) is 0 Å². The van der Waals surface area contributed by atoms with E-state index in [1.165, 1.54) is 6.08 Å². The third-order valence-corrected chi connectivity index (χ3v) is 3.46. The number of hydrogen-bond donors (Lipinski definition) is 1. The predicted octanol–water partition coefficient (Wildman–Crippen LogP) is 3.92. The van der Waals surface area contributed by atoms with E-state index in [9.17, 15) is 9.90 Å². The normalized spacial score (nSPS) is 13.7. The Labute approximate surface area is 112 Å². The molecule has 1 atom stereocenters. The summed E-state index contributed by atoms with van der Waals surface area (Å²) in [7, 11) is 0. The topological polar surface area (TPSA) is 37.3 Å². The molecule has 0 aliphatic heterocycles. The van der Waals surface area contributed by atoms with Crippen molar-refractivity contribution in [2.45, 2.75) is 11.8 Å². The Hall–Kier alpha value is -2.35. The zero-order valence-electron chi connectivity index (χ0n) is 10.7. The van der Waals surface area contributed by atoms with Gasteiger partial charge in [0.25, 0.3) is 0 Å². The van der Waals surface area contributed by atoms with E-state index in [0.717, 1.165) is 16.3 Å². The summed E-state index contributed by atoms with van der Waals surface area (Å²) in [6.07, 6.45) is 3.43. The van der Waals surface area contributed by atoms with E-state index in [1.54, 1.807) is 6.08 Å². The van der Waals surface area contributed by atoms with Crippen LogP contribution in [0.1, 0.15) is 12.0 Å². The third kappa shape index (κ3) is 2.17. The van der Waals surface area contributed by atoms with Gasteiger partial charge in [0.2, 0.25) is 0 Å². The first-order valence-electron chi connectivity index (χ1n) is 6.11. The van der Waals surface area contributed by atoms with Crippen molar-refractivity contribution in [3.05, 3.63) is 73.3 Å². The molecule has 0 saturated carbocycles. The van der Waals surface area contributed by atoms with Crippen LogP contribution in [0, 0.1) is 0 Å². The SMILES string of the molecule is C=CCC(C=C)(C(=O)O)c1ccc2ccccc2c1. The Morgan fingerprint density at radius 3 is 2.42 bits per heavy atom. The van der Waals surface area contributed by atoms with Gasteiger partial charge in [-0.1, -0.05) is 48.6 Å². The number of aliphatic carboxylic acids is 1. The molecule has 0 saturated heterocycles. The van der Waals surface area contributed by atoms with Crippen LogP contribution < -0.4 is 0 Å². The summed E-state index contributed by atoms with van der Waals surface area (Å²) in [4.78, 5) is 11.7. The second kappa shape index (κ2) is 5.11. The highest BCUT2D eigenvalue weighted by atomic mass is 16.4. The van der Waals surface area contributed by atoms with Crippen LogP contribution in [0.15, 0.2) is 67.8 Å². The number of allylic oxidation sites excluding steroid dienone is 1. The van der Waals surface area contributed by atoms with Crippen molar-refractivity contribution >= 4 is 16.7 Å². The maximum absolute atomic E-state index is 11.7. The summed E-state index contributed by atoms with van der Waals surface area (Å²) in [5, 5.41) is 11.7. The Morgan fingerprint density at radius 1 is 1.16 bits per heavy atom. The van der Waals surface area contributed by atoms with Crippen LogP contribution in [0.5, 0.6) is 0 Å². The molecule has 0 fully saturated rings. The first-order chi connectivity index (χ1) is 9.14. The van der Waals surface area contributed by atoms with Crippen LogP contribution in [0.2, 0.25) is 0 Å². The van der Waals surface area contributed by atoms with Crippen LogP contribution in [-0.4, -0.2) is 11.1 Å². The Kier molecular flexibility index (Phi) is 3.52. The van der Waals surface area contributed by atoms with E-state index < -0.39 is 11.4 Å². The minimum Gasteiger partial charge on any atom is -0.480 e. The van der Waals surface area contributed by atoms with Gasteiger partial charge < -0.3 is 5.11 Å². The van der Waals surface area contributed by atoms with Crippen molar-refractivity contribution in [1.82, 2.24) is 0 Å². The number of fused-ring (bicyclic) bond motifs is 1. The minimum absolute atomic E-state index is 0.324. The fourth-order valence-corrected chi connectivity index (χ4v) is 2.31. The summed E-state index contributed by atoms with van der Waals surface area (Å²) < 4.78 is 0. The lowest BCUT2D eigenvalue weighted by Gasteiger charge is -2.25. The molecule has 2 aromatic rings. The molecule has 19 heavy (non-hydrogen) atoms. The largest absolute Gasteiger partial charge is 0.480 e. The monoisotopic (exact) mass is 252 g/mol. The van der Waals surface area contributed by atoms with E-state index in [4.69, 9.17) is 0 Å². The quantitative estimate of drug-likeness (QED) is 0.819. The van der Waals surface area contributed by atoms with Crippen molar-refractivity contribution in [1.29, 1.82) is 0 Å². The second-order valence-electron chi connectivity index (χ2n) is 4.54. The number of carbonyl (C=O) groups is 1. The fraction of sp³-hybridized carbons (Fsp3) is 0.118. The molecule has 1 unspecified atom stereocenters. The molecule has 0 spiro atoms. The van der Waals surface area contributed by atoms with Gasteiger partial charge in [-0.15, -0.1) is 13.2 Å². The maximum atomic E-state index is 11.7. The standard InChI is InChI=1S/C17H16O2/c1-3-11-17(4-2,16(18)19)15-10-9-13-7-5-6-8-14(13)12-15/h3-10,12H,1-2,11H2,(H,18,19). The molecule has 2 aromatic carbocycles. The van der Waals surface area contributed by atoms with Crippen molar-refractivity contribution in [3.8, 4) is 0 Å². The third-order valence-electron chi connectivity index (χ3n) is 3.46. The van der Waals surface area contributed by atoms with Gasteiger partial charge in [0, 0.05) is 0 Å². The van der Waals surface area contributed by atoms with Gasteiger partial charge >= 0.3 is 5.97 Å². The van der Waals surface area contributed by atoms with Crippen LogP contribution >= 0.6 is 0 Å². The highest BCUT2D eigenvalue weighted by molar-refractivity contribution is 5.88. The molecule has 1 N–H and O–H groups in total. The molecule has 96 valence electrons. The van der Waals surface area contributed by atoms with Crippen molar-refractivity contribution in [2.24, 2.45) is 0 Å². The lowest BCUT2D eigenvalue weighted by Crippen LogP contribution is -2.33. The second-order valence-corrected chi connectivity index (χ2v) is 4.54. The first kappa shape index (κ1) is 13.1. The van der Waals surface area contributed by atoms with Gasteiger partial charge in [-0.05, 0) is 28.8 Å². The highest BCUT2D eigenvalue weighted by Crippen LogP contribution is 2.32. The average molecular weight is 252 g/mol. The number of carboxylic acids is 1. The molecule has 0 heterocycles. The molecule has 0 aliphatic rings. The molecule has 0 bridgehead atoms. The minimum atomic E-state index is -1.11. The molecule has 0 aliphatic carbocycles. The first-order valence-corrected chi connectivity index (χ1v) is 6.11. The van der Waals surface area contributed by atoms with Gasteiger partial charge in [0.15, 0.2) is 0 Å². The van der Waals surface area contributed by atoms with Crippen molar-refractivity contribution in [3.63, 3.8) is 0 Å². The number of benzene rings is 2. The highest BCUT2D eigenvalue weighted by Gasteiger charge is 2.36. The summed E-state index contributed by atoms with van der Waals surface area (Å²) in [5.74, 6) is -0.905. The molecule has 0 radical (unpaired) electrons. The van der Waals surface area contributed by atoms with Gasteiger partial charge in [-0.3, -0.25) is 4.79 Å². The molecular formula is C17H16O2. The lowest BCUT2D eigenvalue weighted by molar-refractivity contribution is -0.141. The zero-order valence-corrected chi connectivity index (χ0v) is 10.7. The smallest absolute Gasteiger partial charge is 0.318 e. The molecule has 0 amide bonds. The Balaban J connectivity index is 2.65. The summed E-state index contributed by atoms with van der Waals surface area (Å²) >= 11 is 0. The zero-order chi connectivity index (χ0) is 13.9. The summed E-state index contributed by atoms with van der Waals surface area (Å²) in [5.41, 5.74) is -0.375. The van der Waals surface area contributed by atoms with E-state index in [2.05, 4.69) is 13.2 Å². The Morgan fingerprint density at radius 2 is 1.84 bits per heavy atom. The molecular weight excluding hydrogens is 236 g/mol. The number of hydrogen-bond acceptors (Lipinski definition) is 1. The van der Waals surface area contributed by atoms with Crippen LogP contribution in [0.25, 0.3) is 10.8 Å². The van der Waals surface area contributed by atoms with E-state index in [-0.39, 0.29) is 0 Å². The molecule has 0 aromatic heterocycles. The van der Waals surface area contributed by atoms with E-state index >= 15 is 0 Å². The number of rotatable bonds is 5. The molecule has 2 rings (SSSR count). The van der Waals surface area contributed by atoms with Crippen LogP contribution in [-0.2, 0) is 10.2 Å². The predicted molar refractivity (Wildman–Crippen MR) is 78.3 cm³/mol. The van der Waals surface area contributed by atoms with Crippen LogP contribution in [0.3, 0.4) is 0 Å². The van der Waals surface area contributed by atoms with E-state index in [0.29, 0.717) is 6.42 Å². The maximum Gasteiger partial charge on any atom is 0.318 e. The van der Waals surface area contributed by atoms with Gasteiger partial charge in [0.05, 0.1) is 0 Å². The van der Waals surface area contributed by atoms with Crippen LogP contribution in [0.4, 0.5) is 0 Å².